The highest BCUT2D eigenvalue weighted by Gasteiger charge is 2.43. The Balaban J connectivity index is 4.67. The fourth-order valence-corrected chi connectivity index (χ4v) is 13.8. The van der Waals surface area contributed by atoms with Crippen LogP contribution in [0.1, 0.15) is 25.7 Å². The molecule has 0 amide bonds. The minimum atomic E-state index is -1.69. The monoisotopic (exact) mass is 404 g/mol. The summed E-state index contributed by atoms with van der Waals surface area (Å²) in [5.74, 6) is 0. The third-order valence-electron chi connectivity index (χ3n) is 6.07. The fraction of sp³-hybridized carbons (Fsp3) is 1.00. The lowest BCUT2D eigenvalue weighted by Gasteiger charge is -2.47. The van der Waals surface area contributed by atoms with Crippen LogP contribution in [0.25, 0.3) is 0 Å². The smallest absolute Gasteiger partial charge is 0.288 e. The van der Waals surface area contributed by atoms with Gasteiger partial charge in [-0.25, -0.2) is 0 Å². The van der Waals surface area contributed by atoms with Crippen molar-refractivity contribution in [2.75, 3.05) is 84.6 Å². The van der Waals surface area contributed by atoms with Crippen molar-refractivity contribution in [1.29, 1.82) is 0 Å². The maximum atomic E-state index is 2.48. The van der Waals surface area contributed by atoms with Gasteiger partial charge < -0.3 is 27.4 Å². The van der Waals surface area contributed by atoms with E-state index in [-0.39, 0.29) is 0 Å². The van der Waals surface area contributed by atoms with E-state index in [2.05, 4.69) is 112 Å². The van der Waals surface area contributed by atoms with Crippen LogP contribution in [0.15, 0.2) is 0 Å². The lowest BCUT2D eigenvalue weighted by Crippen LogP contribution is -2.69. The predicted molar refractivity (Wildman–Crippen MR) is 122 cm³/mol. The summed E-state index contributed by atoms with van der Waals surface area (Å²) < 4.78 is 14.9. The molecule has 0 rings (SSSR count). The third kappa shape index (κ3) is 5.84. The van der Waals surface area contributed by atoms with Crippen LogP contribution in [0.5, 0.6) is 0 Å². The van der Waals surface area contributed by atoms with E-state index in [9.17, 15) is 0 Å². The molecule has 0 heterocycles. The van der Waals surface area contributed by atoms with Crippen molar-refractivity contribution in [2.45, 2.75) is 37.8 Å². The first-order valence-electron chi connectivity index (χ1n) is 9.92. The molecule has 0 unspecified atom stereocenters. The molecule has 0 fully saturated rings. The topological polar surface area (TPSA) is 19.4 Å². The zero-order valence-corrected chi connectivity index (χ0v) is 21.9. The summed E-state index contributed by atoms with van der Waals surface area (Å²) in [7, 11) is 23.6. The molecule has 0 atom stereocenters. The Morgan fingerprint density at radius 1 is 0.346 bits per heavy atom. The first-order chi connectivity index (χ1) is 11.9. The van der Waals surface area contributed by atoms with Crippen LogP contribution in [-0.4, -0.2) is 129 Å². The number of rotatable bonds is 13. The van der Waals surface area contributed by atoms with Gasteiger partial charge in [0.05, 0.1) is 0 Å². The molecule has 0 aromatic carbocycles. The van der Waals surface area contributed by atoms with Gasteiger partial charge >= 0.3 is 0 Å². The van der Waals surface area contributed by atoms with Gasteiger partial charge in [0.15, 0.2) is 0 Å². The van der Waals surface area contributed by atoms with Gasteiger partial charge in [-0.3, -0.25) is 0 Å². The van der Waals surface area contributed by atoms with Crippen LogP contribution < -0.4 is 0 Å². The van der Waals surface area contributed by atoms with Crippen LogP contribution in [0, 0.1) is 0 Å². The van der Waals surface area contributed by atoms with E-state index in [0.29, 0.717) is 0 Å². The van der Waals surface area contributed by atoms with Gasteiger partial charge in [0.2, 0.25) is 0 Å². The van der Waals surface area contributed by atoms with E-state index in [0.717, 1.165) is 0 Å². The lowest BCUT2D eigenvalue weighted by molar-refractivity contribution is 0.368. The van der Waals surface area contributed by atoms with Crippen LogP contribution in [0.3, 0.4) is 0 Å². The Hall–Kier alpha value is 0.194. The van der Waals surface area contributed by atoms with Crippen LogP contribution >= 0.6 is 0 Å². The number of nitrogens with zero attached hydrogens (tertiary/aromatic N) is 6. The minimum Gasteiger partial charge on any atom is -0.305 e. The van der Waals surface area contributed by atoms with Crippen molar-refractivity contribution < 1.29 is 0 Å². The number of hydrogen-bond acceptors (Lipinski definition) is 6. The second-order valence-electron chi connectivity index (χ2n) is 8.83. The molecule has 26 heavy (non-hydrogen) atoms. The molecule has 0 aliphatic carbocycles. The van der Waals surface area contributed by atoms with E-state index in [4.69, 9.17) is 0 Å². The van der Waals surface area contributed by atoms with E-state index in [1.807, 2.05) is 0 Å². The van der Waals surface area contributed by atoms with Gasteiger partial charge in [-0.1, -0.05) is 25.7 Å². The highest BCUT2D eigenvalue weighted by Crippen LogP contribution is 2.24. The van der Waals surface area contributed by atoms with Gasteiger partial charge in [-0.15, -0.1) is 0 Å². The molecule has 0 saturated heterocycles. The lowest BCUT2D eigenvalue weighted by atomic mass is 10.2. The maximum absolute atomic E-state index is 2.48. The summed E-state index contributed by atoms with van der Waals surface area (Å²) in [6.45, 7) is 0. The van der Waals surface area contributed by atoms with Gasteiger partial charge in [0.25, 0.3) is 17.1 Å². The molecule has 8 heteroatoms. The van der Waals surface area contributed by atoms with Crippen molar-refractivity contribution in [1.82, 2.24) is 27.4 Å². The molecule has 0 radical (unpaired) electrons. The van der Waals surface area contributed by atoms with Crippen molar-refractivity contribution in [3.05, 3.63) is 0 Å². The first-order valence-corrected chi connectivity index (χ1v) is 14.0. The summed E-state index contributed by atoms with van der Waals surface area (Å²) in [4.78, 5) is 0. The molecule has 0 aromatic rings. The second kappa shape index (κ2) is 11.3. The molecular weight excluding hydrogens is 356 g/mol. The van der Waals surface area contributed by atoms with Gasteiger partial charge in [-0.2, -0.15) is 0 Å². The zero-order chi connectivity index (χ0) is 20.7. The molecule has 6 nitrogen and oxygen atoms in total. The zero-order valence-electron chi connectivity index (χ0n) is 19.9. The van der Waals surface area contributed by atoms with Gasteiger partial charge in [-0.05, 0) is 96.7 Å². The van der Waals surface area contributed by atoms with Crippen LogP contribution in [0.4, 0.5) is 0 Å². The van der Waals surface area contributed by atoms with Gasteiger partial charge in [0.1, 0.15) is 0 Å². The van der Waals surface area contributed by atoms with E-state index >= 15 is 0 Å². The molecule has 0 bridgehead atoms. The van der Waals surface area contributed by atoms with Crippen molar-refractivity contribution in [3.63, 3.8) is 0 Å². The third-order valence-corrected chi connectivity index (χ3v) is 16.7. The Kier molecular flexibility index (Phi) is 11.3. The van der Waals surface area contributed by atoms with Crippen molar-refractivity contribution in [2.24, 2.45) is 0 Å². The average Bonchev–Trinajstić information content (AvgIpc) is 2.47. The summed E-state index contributed by atoms with van der Waals surface area (Å²) in [5.41, 5.74) is 0. The Bertz CT molecular complexity index is 306. The molecule has 0 saturated carbocycles. The molecule has 0 aromatic heterocycles. The molecule has 0 aliphatic heterocycles. The average molecular weight is 405 g/mol. The number of unbranched alkanes of at least 4 members (excludes halogenated alkanes) is 3. The van der Waals surface area contributed by atoms with Gasteiger partial charge in [0, 0.05) is 0 Å². The SMILES string of the molecule is CN(C)[Si](CCCCCC[Si](N(C)C)(N(C)C)N(C)C)(N(C)C)N(C)C. The minimum absolute atomic E-state index is 1.30. The van der Waals surface area contributed by atoms with E-state index in [1.165, 1.54) is 37.8 Å². The van der Waals surface area contributed by atoms with Crippen LogP contribution in [0.2, 0.25) is 12.1 Å². The van der Waals surface area contributed by atoms with E-state index in [1.54, 1.807) is 0 Å². The quantitative estimate of drug-likeness (QED) is 0.342. The van der Waals surface area contributed by atoms with Crippen molar-refractivity contribution >= 4 is 17.1 Å². The maximum Gasteiger partial charge on any atom is 0.288 e. The van der Waals surface area contributed by atoms with Crippen LogP contribution in [-0.2, 0) is 0 Å². The summed E-state index contributed by atoms with van der Waals surface area (Å²) in [5, 5.41) is 0. The molecule has 0 N–H and O–H groups in total. The first kappa shape index (κ1) is 26.2. The fourth-order valence-electron chi connectivity index (χ4n) is 4.82. The number of hydrogen-bond donors (Lipinski definition) is 0. The van der Waals surface area contributed by atoms with Crippen molar-refractivity contribution in [3.8, 4) is 0 Å². The largest absolute Gasteiger partial charge is 0.305 e. The summed E-state index contributed by atoms with van der Waals surface area (Å²) in [6, 6.07) is 2.61. The highest BCUT2D eigenvalue weighted by atomic mass is 28.4. The molecule has 0 aliphatic rings. The Labute approximate surface area is 167 Å². The molecular formula is C18H48N6Si2. The Morgan fingerprint density at radius 2 is 0.538 bits per heavy atom. The summed E-state index contributed by atoms with van der Waals surface area (Å²) in [6.07, 6.45) is 5.31. The summed E-state index contributed by atoms with van der Waals surface area (Å²) >= 11 is 0. The molecule has 158 valence electrons. The normalized spacial score (nSPS) is 14.1. The standard InChI is InChI=1S/C18H48N6Si2/c1-19(2)25(20(3)4,21(5)6)17-15-13-14-16-18-26(22(7)8,23(9)10)24(11)12/h13-18H2,1-12H3. The second-order valence-corrected chi connectivity index (χ2v) is 18.3. The predicted octanol–water partition coefficient (Wildman–Crippen LogP) is 1.79. The highest BCUT2D eigenvalue weighted by molar-refractivity contribution is 6.71. The van der Waals surface area contributed by atoms with E-state index < -0.39 is 17.1 Å². The Morgan fingerprint density at radius 3 is 0.692 bits per heavy atom. The molecule has 0 spiro atoms.